The van der Waals surface area contributed by atoms with Gasteiger partial charge in [0.2, 0.25) is 0 Å². The Kier molecular flexibility index (Phi) is 19.8. The van der Waals surface area contributed by atoms with Crippen LogP contribution in [0.1, 0.15) is 89.0 Å². The Balaban J connectivity index is 0.000000170. The minimum absolute atomic E-state index is 0.290. The van der Waals surface area contributed by atoms with Crippen LogP contribution >= 0.6 is 23.2 Å². The molecule has 0 spiro atoms. The molecule has 8 heterocycles. The van der Waals surface area contributed by atoms with Crippen molar-refractivity contribution in [2.75, 3.05) is 89.5 Å². The number of aromatic nitrogens is 6. The number of anilines is 2. The second-order valence-corrected chi connectivity index (χ2v) is 20.1. The van der Waals surface area contributed by atoms with Gasteiger partial charge in [0.15, 0.2) is 0 Å². The summed E-state index contributed by atoms with van der Waals surface area (Å²) in [6.45, 7) is 15.9. The number of piperazine rings is 2. The zero-order chi connectivity index (χ0) is 52.7. The number of nitrogens with zero attached hydrogens (tertiary/aromatic N) is 9. The van der Waals surface area contributed by atoms with E-state index in [1.54, 1.807) is 42.9 Å². The molecular formula is C56H70Cl2N12O5. The van der Waals surface area contributed by atoms with Gasteiger partial charge < -0.3 is 34.6 Å². The number of nitrogens with one attached hydrogen (secondary N) is 3. The molecule has 4 fully saturated rings. The molecular weight excluding hydrogens is 992 g/mol. The lowest BCUT2D eigenvalue weighted by Crippen LogP contribution is -2.58. The number of hydrogen-bond acceptors (Lipinski definition) is 15. The van der Waals surface area contributed by atoms with E-state index in [2.05, 4.69) is 73.3 Å². The number of carbonyl (C=O) groups excluding carboxylic acids is 3. The van der Waals surface area contributed by atoms with Crippen LogP contribution in [0.25, 0.3) is 22.8 Å². The predicted molar refractivity (Wildman–Crippen MR) is 295 cm³/mol. The highest BCUT2D eigenvalue weighted by atomic mass is 35.5. The minimum Gasteiger partial charge on any atom is -0.465 e. The Morgan fingerprint density at radius 3 is 1.52 bits per heavy atom. The first-order chi connectivity index (χ1) is 36.6. The van der Waals surface area contributed by atoms with Gasteiger partial charge in [0.05, 0.1) is 35.4 Å². The number of pyridine rings is 2. The van der Waals surface area contributed by atoms with Gasteiger partial charge >= 0.3 is 11.9 Å². The van der Waals surface area contributed by atoms with Crippen molar-refractivity contribution in [3.05, 3.63) is 130 Å². The molecule has 2 aromatic carbocycles. The van der Waals surface area contributed by atoms with Crippen LogP contribution in [0.3, 0.4) is 0 Å². The number of aromatic amines is 2. The smallest absolute Gasteiger partial charge is 0.337 e. The number of rotatable bonds is 13. The third-order valence-electron chi connectivity index (χ3n) is 14.8. The molecule has 0 bridgehead atoms. The Bertz CT molecular complexity index is 2730. The topological polar surface area (TPSA) is 181 Å². The quantitative estimate of drug-likeness (QED) is 0.0739. The van der Waals surface area contributed by atoms with Crippen molar-refractivity contribution < 1.29 is 23.9 Å². The molecule has 4 aromatic heterocycles. The predicted octanol–water partition coefficient (Wildman–Crippen LogP) is 8.54. The van der Waals surface area contributed by atoms with Gasteiger partial charge in [-0.25, -0.2) is 29.5 Å². The van der Waals surface area contributed by atoms with Crippen LogP contribution in [0.5, 0.6) is 0 Å². The summed E-state index contributed by atoms with van der Waals surface area (Å²) in [4.78, 5) is 69.7. The van der Waals surface area contributed by atoms with Gasteiger partial charge in [-0.15, -0.1) is 0 Å². The summed E-state index contributed by atoms with van der Waals surface area (Å²) in [6, 6.07) is 20.3. The second-order valence-electron chi connectivity index (χ2n) is 19.3. The SMILES string of the molecule is CC[C@H]1CN(c2ncc(-c3ncc[nH]3)cc2Cl)CCN1C1CCN(Cc2ccc(C(=O)OC)cc2)CC1.CC[C@H]1CN(c2ncc(-c3ncc[nH]3)cc2Cl)CCN1C1CCNCC1.COC(=O)c1ccc(C=O)cc1. The molecule has 10 rings (SSSR count). The number of halogens is 2. The van der Waals surface area contributed by atoms with E-state index in [-0.39, 0.29) is 5.97 Å². The Morgan fingerprint density at radius 2 is 1.11 bits per heavy atom. The number of carbonyl (C=O) groups is 3. The van der Waals surface area contributed by atoms with Crippen molar-refractivity contribution in [3.63, 3.8) is 0 Å². The fraction of sp³-hybridized carbons (Fsp3) is 0.446. The van der Waals surface area contributed by atoms with Gasteiger partial charge in [0, 0.05) is 124 Å². The number of likely N-dealkylation sites (tertiary alicyclic amines) is 1. The number of H-pyrrole nitrogens is 2. The van der Waals surface area contributed by atoms with E-state index in [9.17, 15) is 14.4 Å². The van der Waals surface area contributed by atoms with E-state index in [0.29, 0.717) is 50.9 Å². The number of benzene rings is 2. The maximum absolute atomic E-state index is 11.7. The average Bonchev–Trinajstić information content (AvgIpc) is 4.23. The number of methoxy groups -OCH3 is 2. The van der Waals surface area contributed by atoms with Crippen molar-refractivity contribution >= 4 is 53.1 Å². The van der Waals surface area contributed by atoms with Gasteiger partial charge in [-0.2, -0.15) is 0 Å². The highest BCUT2D eigenvalue weighted by Gasteiger charge is 2.35. The highest BCUT2D eigenvalue weighted by Crippen LogP contribution is 2.33. The Labute approximate surface area is 450 Å². The van der Waals surface area contributed by atoms with Crippen molar-refractivity contribution in [3.8, 4) is 22.8 Å². The third-order valence-corrected chi connectivity index (χ3v) is 15.4. The molecule has 4 aliphatic heterocycles. The van der Waals surface area contributed by atoms with E-state index in [4.69, 9.17) is 32.9 Å². The summed E-state index contributed by atoms with van der Waals surface area (Å²) in [5, 5.41) is 4.84. The molecule has 398 valence electrons. The minimum atomic E-state index is -0.396. The zero-order valence-electron chi connectivity index (χ0n) is 43.5. The van der Waals surface area contributed by atoms with Crippen LogP contribution in [0.15, 0.2) is 97.8 Å². The van der Waals surface area contributed by atoms with Crippen LogP contribution in [0, 0.1) is 0 Å². The lowest BCUT2D eigenvalue weighted by Gasteiger charge is -2.47. The van der Waals surface area contributed by atoms with Crippen LogP contribution in [0.4, 0.5) is 11.6 Å². The van der Waals surface area contributed by atoms with Gasteiger partial charge in [0.1, 0.15) is 29.6 Å². The first kappa shape index (κ1) is 55.0. The number of ether oxygens (including phenoxy) is 2. The highest BCUT2D eigenvalue weighted by molar-refractivity contribution is 6.33. The van der Waals surface area contributed by atoms with Crippen molar-refractivity contribution in [2.24, 2.45) is 0 Å². The van der Waals surface area contributed by atoms with Crippen molar-refractivity contribution in [2.45, 2.75) is 83.1 Å². The summed E-state index contributed by atoms with van der Waals surface area (Å²) in [6.07, 6.45) is 18.6. The molecule has 4 saturated heterocycles. The maximum Gasteiger partial charge on any atom is 0.337 e. The number of esters is 2. The van der Waals surface area contributed by atoms with Gasteiger partial charge in [-0.3, -0.25) is 19.5 Å². The van der Waals surface area contributed by atoms with Crippen LogP contribution < -0.4 is 15.1 Å². The summed E-state index contributed by atoms with van der Waals surface area (Å²) in [5.74, 6) is 2.65. The molecule has 4 aliphatic rings. The number of aldehydes is 1. The lowest BCUT2D eigenvalue weighted by atomic mass is 9.97. The Hall–Kier alpha value is -6.21. The van der Waals surface area contributed by atoms with E-state index >= 15 is 0 Å². The van der Waals surface area contributed by atoms with E-state index < -0.39 is 5.97 Å². The number of imidazole rings is 2. The van der Waals surface area contributed by atoms with Crippen molar-refractivity contribution in [1.29, 1.82) is 0 Å². The summed E-state index contributed by atoms with van der Waals surface area (Å²) in [5.41, 5.74) is 4.64. The molecule has 0 radical (unpaired) electrons. The fourth-order valence-electron chi connectivity index (χ4n) is 10.7. The normalized spacial score (nSPS) is 19.1. The first-order valence-electron chi connectivity index (χ1n) is 26.1. The maximum atomic E-state index is 11.7. The third kappa shape index (κ3) is 14.2. The molecule has 6 aromatic rings. The monoisotopic (exact) mass is 1060 g/mol. The fourth-order valence-corrected chi connectivity index (χ4v) is 11.3. The average molecular weight is 1060 g/mol. The molecule has 19 heteroatoms. The largest absolute Gasteiger partial charge is 0.465 e. The van der Waals surface area contributed by atoms with E-state index in [0.717, 1.165) is 126 Å². The summed E-state index contributed by atoms with van der Waals surface area (Å²) < 4.78 is 9.28. The zero-order valence-corrected chi connectivity index (χ0v) is 45.0. The van der Waals surface area contributed by atoms with Gasteiger partial charge in [-0.1, -0.05) is 61.3 Å². The molecule has 3 N–H and O–H groups in total. The summed E-state index contributed by atoms with van der Waals surface area (Å²) in [7, 11) is 2.73. The summed E-state index contributed by atoms with van der Waals surface area (Å²) >= 11 is 13.3. The van der Waals surface area contributed by atoms with Gasteiger partial charge in [-0.05, 0) is 107 Å². The van der Waals surface area contributed by atoms with E-state index in [1.807, 2.05) is 55.0 Å². The second kappa shape index (κ2) is 27.0. The molecule has 17 nitrogen and oxygen atoms in total. The van der Waals surface area contributed by atoms with Crippen LogP contribution in [-0.2, 0) is 16.0 Å². The first-order valence-corrected chi connectivity index (χ1v) is 26.9. The van der Waals surface area contributed by atoms with Crippen molar-refractivity contribution in [1.82, 2.24) is 49.9 Å². The van der Waals surface area contributed by atoms with Crippen LogP contribution in [-0.4, -0.2) is 167 Å². The standard InChI is InChI=1S/C28H35ClN6O2.C19H27ClN6.C9H8O3/c1-3-23-19-34(27-25(29)16-22(17-32-27)26-30-10-11-31-26)14-15-35(23)24-8-12-33(13-9-24)18-20-4-6-21(7-5-20)28(36)37-2;1-2-15-13-25(9-10-26(15)16-3-5-21-6-4-16)19-17(20)11-14(12-24-19)18-22-7-8-23-18;1-12-9(11)8-4-2-7(6-10)3-5-8/h4-7,10-11,16-17,23-24H,3,8-9,12-15,18-19H2,1-2H3,(H,30,31);7-8,11-12,15-16,21H,2-6,9-10,13H2,1H3,(H,22,23);2-6H,1H3/t23-;15-;/m00./s1. The van der Waals surface area contributed by atoms with E-state index in [1.165, 1.54) is 45.5 Å². The molecule has 75 heavy (non-hydrogen) atoms. The number of piperidine rings is 2. The van der Waals surface area contributed by atoms with Gasteiger partial charge in [0.25, 0.3) is 0 Å². The molecule has 0 aliphatic carbocycles. The molecule has 0 amide bonds. The number of hydrogen-bond donors (Lipinski definition) is 3. The Morgan fingerprint density at radius 1 is 0.640 bits per heavy atom. The molecule has 0 saturated carbocycles. The molecule has 2 atom stereocenters. The van der Waals surface area contributed by atoms with Crippen LogP contribution in [0.2, 0.25) is 10.0 Å². The molecule has 0 unspecified atom stereocenters. The lowest BCUT2D eigenvalue weighted by molar-refractivity contribution is 0.0591.